The molecule has 0 unspecified atom stereocenters. The minimum absolute atomic E-state index is 0.0446. The van der Waals surface area contributed by atoms with Crippen LogP contribution in [0.15, 0.2) is 32.0 Å². The number of hydrogen-bond donors (Lipinski definition) is 1. The number of hydrogen-bond acceptors (Lipinski definition) is 4. The molecular weight excluding hydrogens is 422 g/mol. The van der Waals surface area contributed by atoms with Gasteiger partial charge in [0.05, 0.1) is 10.6 Å². The van der Waals surface area contributed by atoms with Crippen molar-refractivity contribution in [3.8, 4) is 0 Å². The standard InChI is InChI=1S/C10H13Br2NO4S2/c1-18(14,15)6-2-5-13-19(16,17)10-4-3-8(11)7-9(10)12/h3-4,7,13H,2,5-6H2,1H3. The highest BCUT2D eigenvalue weighted by atomic mass is 79.9. The largest absolute Gasteiger partial charge is 0.241 e. The van der Waals surface area contributed by atoms with Crippen molar-refractivity contribution < 1.29 is 16.8 Å². The molecule has 0 fully saturated rings. The molecular formula is C10H13Br2NO4S2. The van der Waals surface area contributed by atoms with Crippen molar-refractivity contribution in [2.75, 3.05) is 18.6 Å². The Bertz CT molecular complexity index is 656. The normalized spacial score (nSPS) is 12.6. The Morgan fingerprint density at radius 2 is 1.79 bits per heavy atom. The molecule has 0 heterocycles. The zero-order valence-electron chi connectivity index (χ0n) is 10.1. The Kier molecular flexibility index (Phi) is 5.99. The fourth-order valence-electron chi connectivity index (χ4n) is 1.31. The Hall–Kier alpha value is 0.0400. The number of sulfone groups is 1. The van der Waals surface area contributed by atoms with Crippen LogP contribution >= 0.6 is 31.9 Å². The zero-order valence-corrected chi connectivity index (χ0v) is 14.9. The maximum absolute atomic E-state index is 12.0. The van der Waals surface area contributed by atoms with E-state index in [1.165, 1.54) is 6.07 Å². The summed E-state index contributed by atoms with van der Waals surface area (Å²) in [4.78, 5) is 0.120. The van der Waals surface area contributed by atoms with E-state index in [1.54, 1.807) is 12.1 Å². The molecule has 19 heavy (non-hydrogen) atoms. The summed E-state index contributed by atoms with van der Waals surface area (Å²) in [7, 11) is -6.71. The predicted molar refractivity (Wildman–Crippen MR) is 81.4 cm³/mol. The summed E-state index contributed by atoms with van der Waals surface area (Å²) in [5.41, 5.74) is 0. The molecule has 1 aromatic rings. The monoisotopic (exact) mass is 433 g/mol. The average Bonchev–Trinajstić information content (AvgIpc) is 2.22. The van der Waals surface area contributed by atoms with Crippen molar-refractivity contribution in [3.05, 3.63) is 27.1 Å². The summed E-state index contributed by atoms with van der Waals surface area (Å²) in [6.07, 6.45) is 1.36. The second kappa shape index (κ2) is 6.66. The minimum Gasteiger partial charge on any atom is -0.229 e. The van der Waals surface area contributed by atoms with Crippen LogP contribution in [0.3, 0.4) is 0 Å². The number of benzene rings is 1. The van der Waals surface area contributed by atoms with Crippen molar-refractivity contribution in [1.29, 1.82) is 0 Å². The van der Waals surface area contributed by atoms with E-state index in [2.05, 4.69) is 36.6 Å². The van der Waals surface area contributed by atoms with Gasteiger partial charge >= 0.3 is 0 Å². The lowest BCUT2D eigenvalue weighted by Gasteiger charge is -2.08. The molecule has 0 aromatic heterocycles. The Morgan fingerprint density at radius 1 is 1.16 bits per heavy atom. The van der Waals surface area contributed by atoms with Crippen LogP contribution in [0.2, 0.25) is 0 Å². The van der Waals surface area contributed by atoms with Crippen LogP contribution in [0.5, 0.6) is 0 Å². The molecule has 9 heteroatoms. The predicted octanol–water partition coefficient (Wildman–Crippen LogP) is 1.92. The Labute approximate surface area is 130 Å². The van der Waals surface area contributed by atoms with E-state index >= 15 is 0 Å². The van der Waals surface area contributed by atoms with Gasteiger partial charge in [0.1, 0.15) is 9.84 Å². The first-order chi connectivity index (χ1) is 8.62. The smallest absolute Gasteiger partial charge is 0.229 e. The first-order valence-corrected chi connectivity index (χ1v) is 10.4. The molecule has 0 saturated carbocycles. The summed E-state index contributed by atoms with van der Waals surface area (Å²) in [6, 6.07) is 4.72. The van der Waals surface area contributed by atoms with Gasteiger partial charge in [-0.15, -0.1) is 0 Å². The first kappa shape index (κ1) is 17.1. The molecule has 0 saturated heterocycles. The fraction of sp³-hybridized carbons (Fsp3) is 0.400. The molecule has 0 aliphatic rings. The number of nitrogens with one attached hydrogen (secondary N) is 1. The van der Waals surface area contributed by atoms with Crippen molar-refractivity contribution in [2.24, 2.45) is 0 Å². The fourth-order valence-corrected chi connectivity index (χ4v) is 4.80. The summed E-state index contributed by atoms with van der Waals surface area (Å²) < 4.78 is 49.4. The molecule has 1 rings (SSSR count). The van der Waals surface area contributed by atoms with Gasteiger partial charge in [-0.2, -0.15) is 0 Å². The summed E-state index contributed by atoms with van der Waals surface area (Å²) in [6.45, 7) is 0.0813. The molecule has 0 bridgehead atoms. The van der Waals surface area contributed by atoms with E-state index in [-0.39, 0.29) is 23.6 Å². The number of rotatable bonds is 6. The number of halogens is 2. The van der Waals surface area contributed by atoms with E-state index < -0.39 is 19.9 Å². The first-order valence-electron chi connectivity index (χ1n) is 5.24. The summed E-state index contributed by atoms with van der Waals surface area (Å²) in [5, 5.41) is 0. The average molecular weight is 435 g/mol. The van der Waals surface area contributed by atoms with E-state index in [0.717, 1.165) is 10.7 Å². The third-order valence-corrected chi connectivity index (χ3v) is 6.13. The van der Waals surface area contributed by atoms with Gasteiger partial charge in [0.15, 0.2) is 0 Å². The molecule has 1 aromatic carbocycles. The van der Waals surface area contributed by atoms with Crippen LogP contribution in [-0.4, -0.2) is 35.4 Å². The highest BCUT2D eigenvalue weighted by Crippen LogP contribution is 2.25. The zero-order chi connectivity index (χ0) is 14.7. The molecule has 1 N–H and O–H groups in total. The SMILES string of the molecule is CS(=O)(=O)CCCNS(=O)(=O)c1ccc(Br)cc1Br. The highest BCUT2D eigenvalue weighted by Gasteiger charge is 2.17. The van der Waals surface area contributed by atoms with Gasteiger partial charge in [-0.3, -0.25) is 0 Å². The van der Waals surface area contributed by atoms with Gasteiger partial charge in [-0.25, -0.2) is 21.6 Å². The van der Waals surface area contributed by atoms with Crippen LogP contribution in [-0.2, 0) is 19.9 Å². The lowest BCUT2D eigenvalue weighted by molar-refractivity contribution is 0.577. The maximum Gasteiger partial charge on any atom is 0.241 e. The topological polar surface area (TPSA) is 80.3 Å². The van der Waals surface area contributed by atoms with Crippen LogP contribution in [0.1, 0.15) is 6.42 Å². The van der Waals surface area contributed by atoms with E-state index in [9.17, 15) is 16.8 Å². The van der Waals surface area contributed by atoms with E-state index in [1.807, 2.05) is 0 Å². The molecule has 0 aliphatic carbocycles. The summed E-state index contributed by atoms with van der Waals surface area (Å²) >= 11 is 6.42. The molecule has 0 atom stereocenters. The Morgan fingerprint density at radius 3 is 2.32 bits per heavy atom. The minimum atomic E-state index is -3.64. The van der Waals surface area contributed by atoms with Gasteiger partial charge in [0.2, 0.25) is 10.0 Å². The van der Waals surface area contributed by atoms with Crippen LogP contribution in [0.25, 0.3) is 0 Å². The van der Waals surface area contributed by atoms with Gasteiger partial charge < -0.3 is 0 Å². The Balaban J connectivity index is 2.71. The van der Waals surface area contributed by atoms with Crippen molar-refractivity contribution in [2.45, 2.75) is 11.3 Å². The third-order valence-electron chi connectivity index (χ3n) is 2.17. The molecule has 108 valence electrons. The van der Waals surface area contributed by atoms with Crippen molar-refractivity contribution >= 4 is 51.7 Å². The lowest BCUT2D eigenvalue weighted by atomic mass is 10.4. The molecule has 0 spiro atoms. The molecule has 0 radical (unpaired) electrons. The molecule has 0 aliphatic heterocycles. The third kappa shape index (κ3) is 5.90. The number of sulfonamides is 1. The van der Waals surface area contributed by atoms with Crippen LogP contribution < -0.4 is 4.72 Å². The van der Waals surface area contributed by atoms with E-state index in [4.69, 9.17) is 0 Å². The molecule has 0 amide bonds. The second-order valence-corrected chi connectivity index (χ2v) is 9.72. The van der Waals surface area contributed by atoms with Gasteiger partial charge in [0.25, 0.3) is 0 Å². The van der Waals surface area contributed by atoms with Gasteiger partial charge in [0, 0.05) is 21.7 Å². The summed E-state index contributed by atoms with van der Waals surface area (Å²) in [5.74, 6) is -0.0446. The van der Waals surface area contributed by atoms with Gasteiger partial charge in [-0.05, 0) is 40.5 Å². The quantitative estimate of drug-likeness (QED) is 0.693. The molecule has 5 nitrogen and oxygen atoms in total. The van der Waals surface area contributed by atoms with Crippen molar-refractivity contribution in [1.82, 2.24) is 4.72 Å². The van der Waals surface area contributed by atoms with E-state index in [0.29, 0.717) is 4.47 Å². The lowest BCUT2D eigenvalue weighted by Crippen LogP contribution is -2.26. The maximum atomic E-state index is 12.0. The van der Waals surface area contributed by atoms with Gasteiger partial charge in [-0.1, -0.05) is 15.9 Å². The van der Waals surface area contributed by atoms with Crippen LogP contribution in [0, 0.1) is 0 Å². The second-order valence-electron chi connectivity index (χ2n) is 3.96. The van der Waals surface area contributed by atoms with Crippen molar-refractivity contribution in [3.63, 3.8) is 0 Å². The van der Waals surface area contributed by atoms with Crippen LogP contribution in [0.4, 0.5) is 0 Å². The highest BCUT2D eigenvalue weighted by molar-refractivity contribution is 9.11.